The van der Waals surface area contributed by atoms with Gasteiger partial charge in [-0.15, -0.1) is 0 Å². The second kappa shape index (κ2) is 7.31. The second-order valence-corrected chi connectivity index (χ2v) is 6.16. The highest BCUT2D eigenvalue weighted by Crippen LogP contribution is 2.41. The van der Waals surface area contributed by atoms with Crippen LogP contribution in [-0.2, 0) is 4.74 Å². The molecule has 1 saturated carbocycles. The van der Waals surface area contributed by atoms with Crippen LogP contribution in [0.2, 0.25) is 0 Å². The second-order valence-electron chi connectivity index (χ2n) is 6.16. The Kier molecular flexibility index (Phi) is 5.13. The van der Waals surface area contributed by atoms with E-state index in [2.05, 4.69) is 4.98 Å². The molecule has 3 rings (SSSR count). The van der Waals surface area contributed by atoms with Crippen LogP contribution >= 0.6 is 0 Å². The Bertz CT molecular complexity index is 809. The molecule has 0 N–H and O–H groups in total. The largest absolute Gasteiger partial charge is 0.493 e. The molecule has 0 atom stereocenters. The predicted octanol–water partition coefficient (Wildman–Crippen LogP) is 2.55. The molecule has 0 aliphatic heterocycles. The van der Waals surface area contributed by atoms with Crippen LogP contribution < -0.4 is 19.8 Å². The van der Waals surface area contributed by atoms with E-state index in [0.717, 1.165) is 25.7 Å². The van der Waals surface area contributed by atoms with E-state index in [1.807, 2.05) is 0 Å². The van der Waals surface area contributed by atoms with E-state index >= 15 is 0 Å². The summed E-state index contributed by atoms with van der Waals surface area (Å²) >= 11 is 0. The monoisotopic (exact) mass is 348 g/mol. The molecule has 0 unspecified atom stereocenters. The van der Waals surface area contributed by atoms with Crippen molar-refractivity contribution in [2.75, 3.05) is 28.4 Å². The number of hydrogen-bond donors (Lipinski definition) is 0. The lowest BCUT2D eigenvalue weighted by molar-refractivity contribution is 0.0579. The van der Waals surface area contributed by atoms with Gasteiger partial charge in [0.05, 0.1) is 39.1 Å². The molecule has 1 aromatic heterocycles. The number of rotatable bonds is 5. The third-order valence-corrected chi connectivity index (χ3v) is 4.95. The maximum Gasteiger partial charge on any atom is 0.261 e. The van der Waals surface area contributed by atoms with Crippen molar-refractivity contribution in [2.24, 2.45) is 0 Å². The van der Waals surface area contributed by atoms with Gasteiger partial charge in [-0.3, -0.25) is 9.36 Å². The van der Waals surface area contributed by atoms with Gasteiger partial charge in [-0.2, -0.15) is 0 Å². The van der Waals surface area contributed by atoms with Gasteiger partial charge in [-0.25, -0.2) is 4.98 Å². The summed E-state index contributed by atoms with van der Waals surface area (Å²) < 4.78 is 23.3. The Morgan fingerprint density at radius 2 is 1.68 bits per heavy atom. The lowest BCUT2D eigenvalue weighted by Gasteiger charge is -2.28. The zero-order chi connectivity index (χ0) is 18.0. The standard InChI is InChI=1S/C18H24N2O5/c1-22-12-7-5-11(6-8-12)20-10-19-15-13(18(20)21)9-14(23-2)16(24-3)17(15)25-4/h9-12H,5-8H2,1-4H3. The van der Waals surface area contributed by atoms with Crippen molar-refractivity contribution in [2.45, 2.75) is 37.8 Å². The molecule has 0 amide bonds. The Labute approximate surface area is 146 Å². The first-order valence-corrected chi connectivity index (χ1v) is 8.37. The summed E-state index contributed by atoms with van der Waals surface area (Å²) in [5.41, 5.74) is 0.386. The zero-order valence-electron chi connectivity index (χ0n) is 15.1. The molecule has 0 radical (unpaired) electrons. The van der Waals surface area contributed by atoms with Crippen molar-refractivity contribution in [1.29, 1.82) is 0 Å². The number of aromatic nitrogens is 2. The lowest BCUT2D eigenvalue weighted by Crippen LogP contribution is -2.30. The Balaban J connectivity index is 2.10. The van der Waals surface area contributed by atoms with Gasteiger partial charge in [0.2, 0.25) is 5.75 Å². The number of fused-ring (bicyclic) bond motifs is 1. The summed E-state index contributed by atoms with van der Waals surface area (Å²) in [6.07, 6.45) is 5.58. The van der Waals surface area contributed by atoms with Crippen LogP contribution in [0.1, 0.15) is 31.7 Å². The molecule has 25 heavy (non-hydrogen) atoms. The number of methoxy groups -OCH3 is 4. The van der Waals surface area contributed by atoms with Crippen molar-refractivity contribution < 1.29 is 18.9 Å². The maximum absolute atomic E-state index is 13.1. The molecule has 1 aromatic carbocycles. The Morgan fingerprint density at radius 3 is 2.24 bits per heavy atom. The summed E-state index contributed by atoms with van der Waals surface area (Å²) in [7, 11) is 6.32. The van der Waals surface area contributed by atoms with E-state index in [-0.39, 0.29) is 17.7 Å². The normalized spacial score (nSPS) is 20.5. The van der Waals surface area contributed by atoms with E-state index < -0.39 is 0 Å². The van der Waals surface area contributed by atoms with E-state index in [1.54, 1.807) is 24.1 Å². The van der Waals surface area contributed by atoms with E-state index in [0.29, 0.717) is 28.2 Å². The minimum Gasteiger partial charge on any atom is -0.493 e. The van der Waals surface area contributed by atoms with Gasteiger partial charge in [0.25, 0.3) is 5.56 Å². The average Bonchev–Trinajstić information content (AvgIpc) is 2.67. The number of ether oxygens (including phenoxy) is 4. The lowest BCUT2D eigenvalue weighted by atomic mass is 9.92. The Hall–Kier alpha value is -2.28. The maximum atomic E-state index is 13.1. The van der Waals surface area contributed by atoms with Crippen LogP contribution in [-0.4, -0.2) is 44.1 Å². The summed E-state index contributed by atoms with van der Waals surface area (Å²) in [6, 6.07) is 1.80. The van der Waals surface area contributed by atoms with E-state index in [4.69, 9.17) is 18.9 Å². The summed E-state index contributed by atoms with van der Waals surface area (Å²) in [4.78, 5) is 17.5. The van der Waals surface area contributed by atoms with Crippen molar-refractivity contribution in [3.63, 3.8) is 0 Å². The van der Waals surface area contributed by atoms with E-state index in [9.17, 15) is 4.79 Å². The van der Waals surface area contributed by atoms with Crippen molar-refractivity contribution in [3.05, 3.63) is 22.7 Å². The first kappa shape index (κ1) is 17.5. The molecule has 1 aliphatic carbocycles. The van der Waals surface area contributed by atoms with Crippen LogP contribution in [0.5, 0.6) is 17.2 Å². The predicted molar refractivity (Wildman–Crippen MR) is 94.0 cm³/mol. The molecule has 0 spiro atoms. The van der Waals surface area contributed by atoms with Crippen LogP contribution in [0.4, 0.5) is 0 Å². The number of benzene rings is 1. The zero-order valence-corrected chi connectivity index (χ0v) is 15.1. The minimum absolute atomic E-state index is 0.0925. The first-order valence-electron chi connectivity index (χ1n) is 8.37. The number of hydrogen-bond acceptors (Lipinski definition) is 6. The molecule has 0 saturated heterocycles. The number of nitrogens with zero attached hydrogens (tertiary/aromatic N) is 2. The summed E-state index contributed by atoms with van der Waals surface area (Å²) in [6.45, 7) is 0. The third kappa shape index (κ3) is 3.04. The van der Waals surface area contributed by atoms with Crippen molar-refractivity contribution >= 4 is 10.9 Å². The fourth-order valence-corrected chi connectivity index (χ4v) is 3.56. The smallest absolute Gasteiger partial charge is 0.261 e. The van der Waals surface area contributed by atoms with Crippen LogP contribution in [0.15, 0.2) is 17.2 Å². The summed E-state index contributed by atoms with van der Waals surface area (Å²) in [5.74, 6) is 1.29. The first-order chi connectivity index (χ1) is 12.1. The van der Waals surface area contributed by atoms with Gasteiger partial charge in [0.1, 0.15) is 5.52 Å². The van der Waals surface area contributed by atoms with E-state index in [1.165, 1.54) is 21.3 Å². The van der Waals surface area contributed by atoms with Crippen molar-refractivity contribution in [1.82, 2.24) is 9.55 Å². The van der Waals surface area contributed by atoms with Crippen LogP contribution in [0, 0.1) is 0 Å². The fourth-order valence-electron chi connectivity index (χ4n) is 3.56. The van der Waals surface area contributed by atoms with Gasteiger partial charge < -0.3 is 18.9 Å². The molecular formula is C18H24N2O5. The highest BCUT2D eigenvalue weighted by Gasteiger charge is 2.25. The Morgan fingerprint density at radius 1 is 1.00 bits per heavy atom. The summed E-state index contributed by atoms with van der Waals surface area (Å²) in [5, 5.41) is 0.464. The highest BCUT2D eigenvalue weighted by atomic mass is 16.5. The van der Waals surface area contributed by atoms with Gasteiger partial charge in [-0.05, 0) is 31.7 Å². The fraction of sp³-hybridized carbons (Fsp3) is 0.556. The molecule has 7 nitrogen and oxygen atoms in total. The molecule has 1 aliphatic rings. The molecule has 7 heteroatoms. The average molecular weight is 348 g/mol. The SMILES string of the molecule is COc1cc2c(=O)n(C3CCC(OC)CC3)cnc2c(OC)c1OC. The molecular weight excluding hydrogens is 324 g/mol. The van der Waals surface area contributed by atoms with Gasteiger partial charge in [-0.1, -0.05) is 0 Å². The molecule has 2 aromatic rings. The quantitative estimate of drug-likeness (QED) is 0.827. The van der Waals surface area contributed by atoms with Gasteiger partial charge in [0.15, 0.2) is 11.5 Å². The minimum atomic E-state index is -0.0925. The highest BCUT2D eigenvalue weighted by molar-refractivity contribution is 5.89. The molecule has 1 heterocycles. The molecule has 136 valence electrons. The third-order valence-electron chi connectivity index (χ3n) is 4.95. The molecule has 1 fully saturated rings. The van der Waals surface area contributed by atoms with Crippen LogP contribution in [0.25, 0.3) is 10.9 Å². The topological polar surface area (TPSA) is 71.8 Å². The van der Waals surface area contributed by atoms with Gasteiger partial charge >= 0.3 is 0 Å². The van der Waals surface area contributed by atoms with Crippen molar-refractivity contribution in [3.8, 4) is 17.2 Å². The molecule has 0 bridgehead atoms. The van der Waals surface area contributed by atoms with Gasteiger partial charge in [0, 0.05) is 13.2 Å². The van der Waals surface area contributed by atoms with Crippen LogP contribution in [0.3, 0.4) is 0 Å².